The third-order valence-corrected chi connectivity index (χ3v) is 10.9. The van der Waals surface area contributed by atoms with Crippen molar-refractivity contribution in [3.8, 4) is 45.5 Å². The molecular formula is C51H31N5O. The van der Waals surface area contributed by atoms with Gasteiger partial charge in [-0.25, -0.2) is 15.0 Å². The first-order chi connectivity index (χ1) is 29.9. The zero-order chi connectivity index (χ0) is 40.9. The molecular weight excluding hydrogens is 699 g/mol. The van der Waals surface area contributed by atoms with Crippen molar-refractivity contribution in [1.29, 1.82) is 0 Å². The van der Waals surface area contributed by atoms with Gasteiger partial charge in [0.2, 0.25) is 0 Å². The summed E-state index contributed by atoms with van der Waals surface area (Å²) in [6.07, 6.45) is 0. The van der Waals surface area contributed by atoms with Crippen molar-refractivity contribution in [1.82, 2.24) is 24.1 Å². The van der Waals surface area contributed by atoms with Gasteiger partial charge in [0.1, 0.15) is 11.2 Å². The van der Waals surface area contributed by atoms with E-state index in [1.165, 1.54) is 0 Å². The molecule has 0 fully saturated rings. The summed E-state index contributed by atoms with van der Waals surface area (Å²) >= 11 is 0. The van der Waals surface area contributed by atoms with Gasteiger partial charge in [-0.3, -0.25) is 0 Å². The summed E-state index contributed by atoms with van der Waals surface area (Å²) in [5.41, 5.74) is 8.65. The topological polar surface area (TPSA) is 61.7 Å². The monoisotopic (exact) mass is 733 g/mol. The van der Waals surface area contributed by atoms with E-state index in [4.69, 9.17) is 23.5 Å². The quantitative estimate of drug-likeness (QED) is 0.177. The number of aromatic nitrogens is 5. The van der Waals surface area contributed by atoms with Crippen LogP contribution < -0.4 is 0 Å². The Hall–Kier alpha value is -7.83. The normalized spacial score (nSPS) is 12.8. The van der Waals surface area contributed by atoms with E-state index in [1.54, 1.807) is 12.1 Å². The SMILES string of the molecule is [2H]c1cc([2H])c2c(c1)c1c3c4cc([2H])cc([2H])c4n(-c4cccc5oc6cc(-c7nc(-c8ccccc8)nc(-c8ccccc8)n7)ccc6c45)c3ccc1n2-c1ccccc1. The molecule has 0 amide bonds. The number of hydrogen-bond donors (Lipinski definition) is 0. The van der Waals surface area contributed by atoms with Crippen molar-refractivity contribution in [2.24, 2.45) is 0 Å². The lowest BCUT2D eigenvalue weighted by atomic mass is 10.1. The minimum absolute atomic E-state index is 0.214. The van der Waals surface area contributed by atoms with E-state index in [1.807, 2.05) is 140 Å². The van der Waals surface area contributed by atoms with Crippen LogP contribution in [0.5, 0.6) is 0 Å². The van der Waals surface area contributed by atoms with Gasteiger partial charge in [-0.1, -0.05) is 127 Å². The minimum atomic E-state index is 0.214. The average Bonchev–Trinajstić information content (AvgIpc) is 3.95. The van der Waals surface area contributed by atoms with Crippen LogP contribution in [-0.2, 0) is 0 Å². The Morgan fingerprint density at radius 2 is 0.965 bits per heavy atom. The van der Waals surface area contributed by atoms with Crippen molar-refractivity contribution >= 4 is 65.6 Å². The van der Waals surface area contributed by atoms with Gasteiger partial charge in [0.25, 0.3) is 0 Å². The summed E-state index contributed by atoms with van der Waals surface area (Å²) in [5, 5.41) is 4.99. The molecule has 0 aliphatic rings. The van der Waals surface area contributed by atoms with Crippen LogP contribution >= 0.6 is 0 Å². The van der Waals surface area contributed by atoms with Gasteiger partial charge in [-0.15, -0.1) is 0 Å². The molecule has 6 heteroatoms. The molecule has 4 heterocycles. The van der Waals surface area contributed by atoms with E-state index < -0.39 is 0 Å². The van der Waals surface area contributed by atoms with Gasteiger partial charge in [0, 0.05) is 49.3 Å². The molecule has 266 valence electrons. The molecule has 0 radical (unpaired) electrons. The smallest absolute Gasteiger partial charge is 0.164 e. The highest BCUT2D eigenvalue weighted by Crippen LogP contribution is 2.44. The number of rotatable bonds is 5. The number of hydrogen-bond acceptors (Lipinski definition) is 4. The van der Waals surface area contributed by atoms with Crippen LogP contribution in [-0.4, -0.2) is 24.1 Å². The molecule has 4 aromatic heterocycles. The molecule has 6 nitrogen and oxygen atoms in total. The second-order valence-corrected chi connectivity index (χ2v) is 14.1. The molecule has 57 heavy (non-hydrogen) atoms. The molecule has 0 atom stereocenters. The van der Waals surface area contributed by atoms with Gasteiger partial charge < -0.3 is 13.6 Å². The first-order valence-corrected chi connectivity index (χ1v) is 18.8. The van der Waals surface area contributed by atoms with Gasteiger partial charge in [-0.05, 0) is 60.6 Å². The summed E-state index contributed by atoms with van der Waals surface area (Å²) in [6.45, 7) is 0. The minimum Gasteiger partial charge on any atom is -0.456 e. The lowest BCUT2D eigenvalue weighted by Crippen LogP contribution is -2.00. The van der Waals surface area contributed by atoms with E-state index >= 15 is 0 Å². The molecule has 0 aliphatic heterocycles. The third kappa shape index (κ3) is 4.81. The lowest BCUT2D eigenvalue weighted by molar-refractivity contribution is 0.669. The average molecular weight is 734 g/mol. The molecule has 0 N–H and O–H groups in total. The molecule has 0 aliphatic carbocycles. The molecule has 0 saturated heterocycles. The summed E-state index contributed by atoms with van der Waals surface area (Å²) in [4.78, 5) is 14.8. The van der Waals surface area contributed by atoms with E-state index in [0.29, 0.717) is 39.7 Å². The first-order valence-electron chi connectivity index (χ1n) is 20.8. The molecule has 0 bridgehead atoms. The highest BCUT2D eigenvalue weighted by atomic mass is 16.3. The fraction of sp³-hybridized carbons (Fsp3) is 0. The fourth-order valence-electron chi connectivity index (χ4n) is 8.42. The number of nitrogens with zero attached hydrogens (tertiary/aromatic N) is 5. The Kier molecular flexibility index (Phi) is 6.00. The van der Waals surface area contributed by atoms with Crippen LogP contribution in [0.4, 0.5) is 0 Å². The van der Waals surface area contributed by atoms with Gasteiger partial charge in [0.15, 0.2) is 17.5 Å². The van der Waals surface area contributed by atoms with Crippen LogP contribution in [0.25, 0.3) is 111 Å². The second-order valence-electron chi connectivity index (χ2n) is 14.1. The van der Waals surface area contributed by atoms with Crippen molar-refractivity contribution in [3.05, 3.63) is 188 Å². The summed E-state index contributed by atoms with van der Waals surface area (Å²) in [5.74, 6) is 1.67. The van der Waals surface area contributed by atoms with E-state index in [9.17, 15) is 1.37 Å². The Morgan fingerprint density at radius 3 is 1.60 bits per heavy atom. The summed E-state index contributed by atoms with van der Waals surface area (Å²) < 4.78 is 46.8. The Balaban J connectivity index is 1.12. The van der Waals surface area contributed by atoms with Crippen molar-refractivity contribution in [2.45, 2.75) is 0 Å². The standard InChI is InChI=1S/C51H31N5O/c1-4-15-32(16-5-1)49-52-50(33-17-6-2-7-18-33)54-51(53-49)34-27-28-38-45(31-34)57-44-26-14-25-41(46(38)44)56-40-24-13-11-22-37(40)48-43(56)30-29-42-47(48)36-21-10-12-23-39(36)55(42)35-19-8-3-9-20-35/h1-31H/i10D,11D,23D,24D. The second kappa shape index (κ2) is 12.3. The largest absolute Gasteiger partial charge is 0.456 e. The Bertz CT molecular complexity index is 3690. The molecule has 12 aromatic rings. The first kappa shape index (κ1) is 27.7. The van der Waals surface area contributed by atoms with Crippen LogP contribution in [0.3, 0.4) is 0 Å². The third-order valence-electron chi connectivity index (χ3n) is 10.9. The zero-order valence-corrected chi connectivity index (χ0v) is 30.2. The van der Waals surface area contributed by atoms with Gasteiger partial charge in [0.05, 0.1) is 38.6 Å². The number of furan rings is 1. The predicted molar refractivity (Wildman–Crippen MR) is 232 cm³/mol. The van der Waals surface area contributed by atoms with Crippen molar-refractivity contribution in [2.75, 3.05) is 0 Å². The number of fused-ring (bicyclic) bond motifs is 10. The van der Waals surface area contributed by atoms with Gasteiger partial charge >= 0.3 is 0 Å². The number of para-hydroxylation sites is 3. The Labute approximate surface area is 332 Å². The number of benzene rings is 8. The zero-order valence-electron chi connectivity index (χ0n) is 34.2. The van der Waals surface area contributed by atoms with E-state index in [-0.39, 0.29) is 24.2 Å². The van der Waals surface area contributed by atoms with Crippen LogP contribution in [0.15, 0.2) is 192 Å². The summed E-state index contributed by atoms with van der Waals surface area (Å²) in [6, 6.07) is 53.6. The maximum absolute atomic E-state index is 9.37. The maximum atomic E-state index is 9.37. The molecule has 0 saturated carbocycles. The van der Waals surface area contributed by atoms with Crippen LogP contribution in [0, 0.1) is 0 Å². The van der Waals surface area contributed by atoms with Gasteiger partial charge in [-0.2, -0.15) is 0 Å². The maximum Gasteiger partial charge on any atom is 0.164 e. The highest BCUT2D eigenvalue weighted by molar-refractivity contribution is 6.29. The molecule has 12 rings (SSSR count). The van der Waals surface area contributed by atoms with Crippen LogP contribution in [0.1, 0.15) is 5.48 Å². The fourth-order valence-corrected chi connectivity index (χ4v) is 8.42. The van der Waals surface area contributed by atoms with E-state index in [2.05, 4.69) is 21.3 Å². The Morgan fingerprint density at radius 1 is 0.404 bits per heavy atom. The van der Waals surface area contributed by atoms with Crippen LogP contribution in [0.2, 0.25) is 0 Å². The molecule has 0 unspecified atom stereocenters. The molecule has 0 spiro atoms. The van der Waals surface area contributed by atoms with Crippen molar-refractivity contribution in [3.63, 3.8) is 0 Å². The molecule has 8 aromatic carbocycles. The highest BCUT2D eigenvalue weighted by Gasteiger charge is 2.23. The van der Waals surface area contributed by atoms with E-state index in [0.717, 1.165) is 71.4 Å². The summed E-state index contributed by atoms with van der Waals surface area (Å²) in [7, 11) is 0. The van der Waals surface area contributed by atoms with Crippen molar-refractivity contribution < 1.29 is 9.90 Å². The predicted octanol–water partition coefficient (Wildman–Crippen LogP) is 13.0. The lowest BCUT2D eigenvalue weighted by Gasteiger charge is -2.10.